The lowest BCUT2D eigenvalue weighted by Gasteiger charge is -2.24. The van der Waals surface area contributed by atoms with Crippen molar-refractivity contribution in [3.8, 4) is 22.5 Å². The number of carbonyl (C=O) groups excluding carboxylic acids is 1. The number of likely N-dealkylation sites (tertiary alicyclic amines) is 1. The second-order valence-corrected chi connectivity index (χ2v) is 10.9. The minimum absolute atomic E-state index is 0.0562. The number of benzene rings is 3. The molecule has 188 valence electrons. The summed E-state index contributed by atoms with van der Waals surface area (Å²) in [6.07, 6.45) is 0.997. The van der Waals surface area contributed by atoms with E-state index in [1.165, 1.54) is 5.56 Å². The lowest BCUT2D eigenvalue weighted by Crippen LogP contribution is -2.51. The molecule has 1 unspecified atom stereocenters. The summed E-state index contributed by atoms with van der Waals surface area (Å²) in [7, 11) is 0. The van der Waals surface area contributed by atoms with E-state index in [1.54, 1.807) is 0 Å². The van der Waals surface area contributed by atoms with Gasteiger partial charge in [0.05, 0.1) is 28.5 Å². The Morgan fingerprint density at radius 2 is 1.59 bits per heavy atom. The Bertz CT molecular complexity index is 1370. The van der Waals surface area contributed by atoms with Crippen LogP contribution in [0.5, 0.6) is 0 Å². The van der Waals surface area contributed by atoms with E-state index in [4.69, 9.17) is 9.97 Å². The van der Waals surface area contributed by atoms with Crippen molar-refractivity contribution in [1.82, 2.24) is 25.5 Å². The Kier molecular flexibility index (Phi) is 7.17. The largest absolute Gasteiger partial charge is 0.351 e. The number of thioether (sulfide) groups is 1. The zero-order valence-electron chi connectivity index (χ0n) is 20.8. The summed E-state index contributed by atoms with van der Waals surface area (Å²) in [5.74, 6) is 2.09. The van der Waals surface area contributed by atoms with Crippen LogP contribution in [-0.4, -0.2) is 64.0 Å². The van der Waals surface area contributed by atoms with Gasteiger partial charge in [-0.2, -0.15) is 11.8 Å². The van der Waals surface area contributed by atoms with Gasteiger partial charge in [0, 0.05) is 54.9 Å². The van der Waals surface area contributed by atoms with Gasteiger partial charge in [0.1, 0.15) is 0 Å². The number of fused-ring (bicyclic) bond motifs is 1. The molecule has 0 bridgehead atoms. The molecule has 7 heteroatoms. The molecule has 0 radical (unpaired) electrons. The summed E-state index contributed by atoms with van der Waals surface area (Å²) < 4.78 is 0. The van der Waals surface area contributed by atoms with Crippen LogP contribution in [0.3, 0.4) is 0 Å². The van der Waals surface area contributed by atoms with E-state index in [1.807, 2.05) is 54.2 Å². The maximum Gasteiger partial charge on any atom is 0.238 e. The fourth-order valence-corrected chi connectivity index (χ4v) is 6.09. The number of amides is 1. The molecule has 2 atom stereocenters. The van der Waals surface area contributed by atoms with E-state index in [-0.39, 0.29) is 18.0 Å². The molecule has 6 nitrogen and oxygen atoms in total. The number of nitrogens with zero attached hydrogens (tertiary/aromatic N) is 3. The smallest absolute Gasteiger partial charge is 0.238 e. The van der Waals surface area contributed by atoms with Gasteiger partial charge in [0.2, 0.25) is 5.91 Å². The molecule has 0 saturated carbocycles. The van der Waals surface area contributed by atoms with Gasteiger partial charge in [-0.1, -0.05) is 66.7 Å². The fraction of sp³-hybridized carbons (Fsp3) is 0.300. The van der Waals surface area contributed by atoms with Crippen molar-refractivity contribution < 1.29 is 4.79 Å². The number of aromatic nitrogens is 2. The van der Waals surface area contributed by atoms with Crippen LogP contribution in [-0.2, 0) is 11.3 Å². The highest BCUT2D eigenvalue weighted by Crippen LogP contribution is 2.31. The van der Waals surface area contributed by atoms with Crippen LogP contribution in [0.15, 0.2) is 78.9 Å². The molecule has 2 aliphatic heterocycles. The molecule has 2 saturated heterocycles. The average molecular weight is 510 g/mol. The molecular formula is C30H31N5OS. The average Bonchev–Trinajstić information content (AvgIpc) is 3.40. The molecule has 0 aliphatic carbocycles. The van der Waals surface area contributed by atoms with E-state index in [2.05, 4.69) is 51.9 Å². The summed E-state index contributed by atoms with van der Waals surface area (Å²) in [5, 5.41) is 6.59. The number of carbonyl (C=O) groups is 1. The van der Waals surface area contributed by atoms with E-state index in [0.29, 0.717) is 0 Å². The summed E-state index contributed by atoms with van der Waals surface area (Å²) in [6.45, 7) is 3.67. The quantitative estimate of drug-likeness (QED) is 0.403. The van der Waals surface area contributed by atoms with Crippen LogP contribution in [0.1, 0.15) is 12.0 Å². The summed E-state index contributed by atoms with van der Waals surface area (Å²) in [6, 6.07) is 27.2. The van der Waals surface area contributed by atoms with E-state index < -0.39 is 0 Å². The first-order chi connectivity index (χ1) is 18.2. The molecule has 0 spiro atoms. The van der Waals surface area contributed by atoms with E-state index in [9.17, 15) is 4.79 Å². The van der Waals surface area contributed by atoms with E-state index >= 15 is 0 Å². The third kappa shape index (κ3) is 5.54. The van der Waals surface area contributed by atoms with Crippen molar-refractivity contribution in [3.63, 3.8) is 0 Å². The molecule has 2 fully saturated rings. The Hall–Kier alpha value is -3.26. The number of para-hydroxylation sites is 2. The number of hydrogen-bond donors (Lipinski definition) is 2. The molecule has 6 rings (SSSR count). The van der Waals surface area contributed by atoms with Gasteiger partial charge < -0.3 is 10.6 Å². The highest BCUT2D eigenvalue weighted by molar-refractivity contribution is 7.99. The van der Waals surface area contributed by atoms with Crippen LogP contribution in [0, 0.1) is 0 Å². The molecule has 3 aromatic carbocycles. The molecule has 3 heterocycles. The molecule has 1 aromatic heterocycles. The zero-order chi connectivity index (χ0) is 25.0. The van der Waals surface area contributed by atoms with E-state index in [0.717, 1.165) is 77.7 Å². The van der Waals surface area contributed by atoms with Crippen LogP contribution >= 0.6 is 11.8 Å². The minimum atomic E-state index is -0.0562. The Morgan fingerprint density at radius 3 is 2.27 bits per heavy atom. The van der Waals surface area contributed by atoms with Gasteiger partial charge in [-0.05, 0) is 24.1 Å². The second-order valence-electron chi connectivity index (χ2n) is 9.78. The van der Waals surface area contributed by atoms with Crippen molar-refractivity contribution in [2.45, 2.75) is 25.0 Å². The second kappa shape index (κ2) is 11.0. The van der Waals surface area contributed by atoms with Crippen LogP contribution in [0.2, 0.25) is 0 Å². The SMILES string of the molecule is O=C(N[C@@H]1CCN(Cc2ccc(-c3nc4ccccc4nc3-c3ccccc3)cc2)C1)C1CSCCN1. The maximum absolute atomic E-state index is 12.6. The summed E-state index contributed by atoms with van der Waals surface area (Å²) in [4.78, 5) is 25.0. The van der Waals surface area contributed by atoms with Crippen molar-refractivity contribution in [1.29, 1.82) is 0 Å². The summed E-state index contributed by atoms with van der Waals surface area (Å²) in [5.41, 5.74) is 6.98. The third-order valence-corrected chi connectivity index (χ3v) is 8.17. The summed E-state index contributed by atoms with van der Waals surface area (Å²) >= 11 is 1.85. The first-order valence-corrected chi connectivity index (χ1v) is 14.1. The number of nitrogens with one attached hydrogen (secondary N) is 2. The first-order valence-electron chi connectivity index (χ1n) is 13.0. The standard InChI is InChI=1S/C30H31N5OS/c36-30(27-20-37-17-15-31-27)32-24-14-16-35(19-24)18-21-10-12-23(13-11-21)29-28(22-6-2-1-3-7-22)33-25-8-4-5-9-26(25)34-29/h1-13,24,27,31H,14-20H2,(H,32,36)/t24-,27?/m1/s1. The lowest BCUT2D eigenvalue weighted by molar-refractivity contribution is -0.123. The van der Waals surface area contributed by atoms with Gasteiger partial charge >= 0.3 is 0 Å². The van der Waals surface area contributed by atoms with Gasteiger partial charge in [0.15, 0.2) is 0 Å². The van der Waals surface area contributed by atoms with Crippen molar-refractivity contribution in [3.05, 3.63) is 84.4 Å². The lowest BCUT2D eigenvalue weighted by atomic mass is 10.0. The predicted molar refractivity (Wildman–Crippen MR) is 151 cm³/mol. The molecular weight excluding hydrogens is 478 g/mol. The van der Waals surface area contributed by atoms with Gasteiger partial charge in [-0.25, -0.2) is 9.97 Å². The number of rotatable bonds is 6. The van der Waals surface area contributed by atoms with Crippen molar-refractivity contribution in [2.24, 2.45) is 0 Å². The molecule has 2 aliphatic rings. The topological polar surface area (TPSA) is 70.2 Å². The Labute approximate surface area is 221 Å². The monoisotopic (exact) mass is 509 g/mol. The van der Waals surface area contributed by atoms with Crippen LogP contribution in [0.25, 0.3) is 33.5 Å². The zero-order valence-corrected chi connectivity index (χ0v) is 21.6. The highest BCUT2D eigenvalue weighted by Gasteiger charge is 2.27. The normalized spacial score (nSPS) is 20.2. The highest BCUT2D eigenvalue weighted by atomic mass is 32.2. The molecule has 1 amide bonds. The third-order valence-electron chi connectivity index (χ3n) is 7.11. The Morgan fingerprint density at radius 1 is 0.919 bits per heavy atom. The minimum Gasteiger partial charge on any atom is -0.351 e. The molecule has 37 heavy (non-hydrogen) atoms. The Balaban J connectivity index is 1.16. The van der Waals surface area contributed by atoms with Gasteiger partial charge in [-0.15, -0.1) is 0 Å². The van der Waals surface area contributed by atoms with Crippen LogP contribution in [0.4, 0.5) is 0 Å². The molecule has 4 aromatic rings. The fourth-order valence-electron chi connectivity index (χ4n) is 5.15. The van der Waals surface area contributed by atoms with Crippen molar-refractivity contribution >= 4 is 28.7 Å². The number of hydrogen-bond acceptors (Lipinski definition) is 6. The maximum atomic E-state index is 12.6. The van der Waals surface area contributed by atoms with Crippen molar-refractivity contribution in [2.75, 3.05) is 31.1 Å². The first kappa shape index (κ1) is 24.1. The molecule has 2 N–H and O–H groups in total. The van der Waals surface area contributed by atoms with Crippen LogP contribution < -0.4 is 10.6 Å². The predicted octanol–water partition coefficient (Wildman–Crippen LogP) is 4.36. The van der Waals surface area contributed by atoms with Gasteiger partial charge in [0.25, 0.3) is 0 Å². The van der Waals surface area contributed by atoms with Gasteiger partial charge in [-0.3, -0.25) is 9.69 Å².